The number of hydrogen-bond acceptors (Lipinski definition) is 2. The Kier molecular flexibility index (Phi) is 3.36. The maximum absolute atomic E-state index is 12.2. The largest absolute Gasteiger partial charge is 0.397 e. The van der Waals surface area contributed by atoms with Gasteiger partial charge in [-0.3, -0.25) is 4.79 Å². The zero-order chi connectivity index (χ0) is 14.8. The Hall–Kier alpha value is -2.75. The van der Waals surface area contributed by atoms with Gasteiger partial charge < -0.3 is 15.6 Å². The maximum Gasteiger partial charge on any atom is 0.228 e. The number of aryl methyl sites for hydroxylation is 1. The van der Waals surface area contributed by atoms with Crippen LogP contribution in [0, 0.1) is 0 Å². The number of benzene rings is 2. The van der Waals surface area contributed by atoms with Crippen molar-refractivity contribution in [1.82, 2.24) is 4.57 Å². The van der Waals surface area contributed by atoms with Gasteiger partial charge in [-0.25, -0.2) is 0 Å². The second kappa shape index (κ2) is 5.32. The fourth-order valence-electron chi connectivity index (χ4n) is 2.54. The van der Waals surface area contributed by atoms with Crippen molar-refractivity contribution in [2.45, 2.75) is 6.42 Å². The topological polar surface area (TPSA) is 60.0 Å². The summed E-state index contributed by atoms with van der Waals surface area (Å²) in [5.41, 5.74) is 9.20. The average molecular weight is 279 g/mol. The highest BCUT2D eigenvalue weighted by Crippen LogP contribution is 2.22. The summed E-state index contributed by atoms with van der Waals surface area (Å²) in [5.74, 6) is -0.0655. The standard InChI is InChI=1S/C17H17N3O/c1-20-11-12(13-6-2-5-9-16(13)20)10-17(21)19-15-8-4-3-7-14(15)18/h2-9,11H,10,18H2,1H3,(H,19,21). The molecule has 106 valence electrons. The van der Waals surface area contributed by atoms with E-state index in [4.69, 9.17) is 5.73 Å². The summed E-state index contributed by atoms with van der Waals surface area (Å²) in [6, 6.07) is 15.3. The van der Waals surface area contributed by atoms with E-state index >= 15 is 0 Å². The van der Waals surface area contributed by atoms with E-state index in [-0.39, 0.29) is 5.91 Å². The molecule has 1 heterocycles. The molecule has 2 aromatic carbocycles. The van der Waals surface area contributed by atoms with Crippen molar-refractivity contribution in [3.63, 3.8) is 0 Å². The summed E-state index contributed by atoms with van der Waals surface area (Å²) in [5, 5.41) is 3.97. The van der Waals surface area contributed by atoms with Gasteiger partial charge >= 0.3 is 0 Å². The van der Waals surface area contributed by atoms with E-state index in [1.807, 2.05) is 54.2 Å². The first-order valence-electron chi connectivity index (χ1n) is 6.82. The molecule has 0 aliphatic rings. The Morgan fingerprint density at radius 3 is 2.67 bits per heavy atom. The molecule has 0 fully saturated rings. The third-order valence-corrected chi connectivity index (χ3v) is 3.57. The molecule has 0 atom stereocenters. The Morgan fingerprint density at radius 1 is 1.14 bits per heavy atom. The molecule has 3 rings (SSSR count). The maximum atomic E-state index is 12.2. The van der Waals surface area contributed by atoms with Crippen LogP contribution in [0.15, 0.2) is 54.7 Å². The molecule has 0 saturated heterocycles. The fourth-order valence-corrected chi connectivity index (χ4v) is 2.54. The van der Waals surface area contributed by atoms with Gasteiger partial charge in [-0.2, -0.15) is 0 Å². The van der Waals surface area contributed by atoms with Crippen molar-refractivity contribution < 1.29 is 4.79 Å². The lowest BCUT2D eigenvalue weighted by molar-refractivity contribution is -0.115. The molecule has 0 unspecified atom stereocenters. The van der Waals surface area contributed by atoms with Crippen molar-refractivity contribution in [2.75, 3.05) is 11.1 Å². The summed E-state index contributed by atoms with van der Waals surface area (Å²) >= 11 is 0. The van der Waals surface area contributed by atoms with E-state index in [1.165, 1.54) is 0 Å². The number of hydrogen-bond donors (Lipinski definition) is 2. The molecule has 4 heteroatoms. The number of carbonyl (C=O) groups is 1. The molecule has 3 N–H and O–H groups in total. The summed E-state index contributed by atoms with van der Waals surface area (Å²) in [7, 11) is 1.99. The van der Waals surface area contributed by atoms with Gasteiger partial charge in [0.05, 0.1) is 17.8 Å². The van der Waals surface area contributed by atoms with Crippen molar-refractivity contribution in [1.29, 1.82) is 0 Å². The summed E-state index contributed by atoms with van der Waals surface area (Å²) in [6.07, 6.45) is 2.33. The lowest BCUT2D eigenvalue weighted by Gasteiger charge is -2.07. The molecule has 1 aromatic heterocycles. The van der Waals surface area contributed by atoms with Crippen LogP contribution in [-0.4, -0.2) is 10.5 Å². The molecule has 0 spiro atoms. The number of nitrogens with two attached hydrogens (primary N) is 1. The molecule has 21 heavy (non-hydrogen) atoms. The number of rotatable bonds is 3. The van der Waals surface area contributed by atoms with Gasteiger partial charge in [0.1, 0.15) is 0 Å². The highest BCUT2D eigenvalue weighted by atomic mass is 16.1. The van der Waals surface area contributed by atoms with Gasteiger partial charge in [-0.05, 0) is 23.8 Å². The van der Waals surface area contributed by atoms with Crippen molar-refractivity contribution >= 4 is 28.2 Å². The van der Waals surface area contributed by atoms with Crippen LogP contribution >= 0.6 is 0 Å². The normalized spacial score (nSPS) is 10.7. The third kappa shape index (κ3) is 2.60. The Labute approximate surface area is 123 Å². The summed E-state index contributed by atoms with van der Waals surface area (Å²) in [4.78, 5) is 12.2. The molecule has 0 aliphatic carbocycles. The van der Waals surface area contributed by atoms with Crippen molar-refractivity contribution in [3.8, 4) is 0 Å². The molecule has 3 aromatic rings. The van der Waals surface area contributed by atoms with E-state index < -0.39 is 0 Å². The second-order valence-corrected chi connectivity index (χ2v) is 5.09. The summed E-state index contributed by atoms with van der Waals surface area (Å²) < 4.78 is 2.04. The number of aromatic nitrogens is 1. The quantitative estimate of drug-likeness (QED) is 0.724. The zero-order valence-electron chi connectivity index (χ0n) is 11.8. The van der Waals surface area contributed by atoms with Crippen LogP contribution in [0.2, 0.25) is 0 Å². The monoisotopic (exact) mass is 279 g/mol. The molecule has 0 radical (unpaired) electrons. The van der Waals surface area contributed by atoms with Crippen LogP contribution in [0.25, 0.3) is 10.9 Å². The molecular weight excluding hydrogens is 262 g/mol. The first-order chi connectivity index (χ1) is 10.1. The lowest BCUT2D eigenvalue weighted by atomic mass is 10.1. The van der Waals surface area contributed by atoms with Crippen LogP contribution in [-0.2, 0) is 18.3 Å². The zero-order valence-corrected chi connectivity index (χ0v) is 11.8. The number of nitrogen functional groups attached to an aromatic ring is 1. The molecule has 0 aliphatic heterocycles. The van der Waals surface area contributed by atoms with Crippen LogP contribution in [0.3, 0.4) is 0 Å². The Morgan fingerprint density at radius 2 is 1.86 bits per heavy atom. The number of nitrogens with one attached hydrogen (secondary N) is 1. The predicted molar refractivity (Wildman–Crippen MR) is 86.1 cm³/mol. The van der Waals surface area contributed by atoms with Crippen LogP contribution in [0.1, 0.15) is 5.56 Å². The number of amides is 1. The predicted octanol–water partition coefficient (Wildman–Crippen LogP) is 2.94. The Bertz CT molecular complexity index is 805. The first kappa shape index (κ1) is 13.2. The third-order valence-electron chi connectivity index (χ3n) is 3.57. The smallest absolute Gasteiger partial charge is 0.228 e. The van der Waals surface area contributed by atoms with E-state index in [2.05, 4.69) is 5.32 Å². The van der Waals surface area contributed by atoms with Crippen molar-refractivity contribution in [3.05, 3.63) is 60.3 Å². The van der Waals surface area contributed by atoms with Gasteiger partial charge in [0.15, 0.2) is 0 Å². The molecule has 1 amide bonds. The van der Waals surface area contributed by atoms with Gasteiger partial charge in [0.25, 0.3) is 0 Å². The number of fused-ring (bicyclic) bond motifs is 1. The minimum Gasteiger partial charge on any atom is -0.397 e. The second-order valence-electron chi connectivity index (χ2n) is 5.09. The molecular formula is C17H17N3O. The molecule has 0 saturated carbocycles. The Balaban J connectivity index is 1.82. The van der Waals surface area contributed by atoms with Crippen LogP contribution < -0.4 is 11.1 Å². The minimum absolute atomic E-state index is 0.0655. The van der Waals surface area contributed by atoms with Gasteiger partial charge in [0, 0.05) is 24.1 Å². The average Bonchev–Trinajstić information content (AvgIpc) is 2.79. The van der Waals surface area contributed by atoms with Gasteiger partial charge in [-0.1, -0.05) is 30.3 Å². The highest BCUT2D eigenvalue weighted by molar-refractivity contribution is 5.97. The van der Waals surface area contributed by atoms with Crippen molar-refractivity contribution in [2.24, 2.45) is 7.05 Å². The highest BCUT2D eigenvalue weighted by Gasteiger charge is 2.11. The van der Waals surface area contributed by atoms with E-state index in [1.54, 1.807) is 12.1 Å². The number of para-hydroxylation sites is 3. The van der Waals surface area contributed by atoms with Gasteiger partial charge in [-0.15, -0.1) is 0 Å². The first-order valence-corrected chi connectivity index (χ1v) is 6.82. The van der Waals surface area contributed by atoms with Crippen LogP contribution in [0.4, 0.5) is 11.4 Å². The molecule has 4 nitrogen and oxygen atoms in total. The summed E-state index contributed by atoms with van der Waals surface area (Å²) in [6.45, 7) is 0. The van der Waals surface area contributed by atoms with Gasteiger partial charge in [0.2, 0.25) is 5.91 Å². The minimum atomic E-state index is -0.0655. The lowest BCUT2D eigenvalue weighted by Crippen LogP contribution is -2.15. The van der Waals surface area contributed by atoms with E-state index in [0.717, 1.165) is 16.5 Å². The number of carbonyl (C=O) groups excluding carboxylic acids is 1. The fraction of sp³-hybridized carbons (Fsp3) is 0.118. The number of anilines is 2. The molecule has 0 bridgehead atoms. The SMILES string of the molecule is Cn1cc(CC(=O)Nc2ccccc2N)c2ccccc21. The van der Waals surface area contributed by atoms with E-state index in [0.29, 0.717) is 17.8 Å². The van der Waals surface area contributed by atoms with E-state index in [9.17, 15) is 4.79 Å². The van der Waals surface area contributed by atoms with Crippen LogP contribution in [0.5, 0.6) is 0 Å². The number of nitrogens with zero attached hydrogens (tertiary/aromatic N) is 1.